The van der Waals surface area contributed by atoms with E-state index in [0.29, 0.717) is 41.7 Å². The van der Waals surface area contributed by atoms with Gasteiger partial charge < -0.3 is 25.0 Å². The second-order valence-electron chi connectivity index (χ2n) is 6.13. The van der Waals surface area contributed by atoms with Gasteiger partial charge in [0.15, 0.2) is 0 Å². The molecule has 0 spiro atoms. The fourth-order valence-corrected chi connectivity index (χ4v) is 3.18. The van der Waals surface area contributed by atoms with Gasteiger partial charge in [-0.1, -0.05) is 25.4 Å². The van der Waals surface area contributed by atoms with Gasteiger partial charge in [-0.25, -0.2) is 0 Å². The van der Waals surface area contributed by atoms with Gasteiger partial charge in [-0.15, -0.1) is 0 Å². The van der Waals surface area contributed by atoms with Crippen LogP contribution in [0.2, 0.25) is 5.02 Å². The highest BCUT2D eigenvalue weighted by molar-refractivity contribution is 6.33. The highest BCUT2D eigenvalue weighted by Gasteiger charge is 2.29. The molecule has 1 saturated heterocycles. The predicted octanol–water partition coefficient (Wildman–Crippen LogP) is 2.50. The van der Waals surface area contributed by atoms with E-state index >= 15 is 0 Å². The lowest BCUT2D eigenvalue weighted by Crippen LogP contribution is -2.32. The van der Waals surface area contributed by atoms with Crippen molar-refractivity contribution in [3.8, 4) is 5.75 Å². The summed E-state index contributed by atoms with van der Waals surface area (Å²) < 4.78 is 11.2. The smallest absolute Gasteiger partial charge is 0.257 e. The number of likely N-dealkylation sites (N-methyl/N-ethyl adjacent to an activating group) is 1. The summed E-state index contributed by atoms with van der Waals surface area (Å²) in [5.74, 6) is 0.339. The zero-order valence-electron chi connectivity index (χ0n) is 15.3. The number of nitrogen functional groups attached to an aromatic ring is 1. The minimum Gasteiger partial charge on any atom is -0.496 e. The van der Waals surface area contributed by atoms with E-state index < -0.39 is 0 Å². The second kappa shape index (κ2) is 9.27. The van der Waals surface area contributed by atoms with Gasteiger partial charge in [-0.3, -0.25) is 4.79 Å². The number of hydrogen-bond donors (Lipinski definition) is 1. The second-order valence-corrected chi connectivity index (χ2v) is 6.54. The van der Waals surface area contributed by atoms with Crippen LogP contribution in [0.3, 0.4) is 0 Å². The Kier molecular flexibility index (Phi) is 7.35. The number of hydrogen-bond acceptors (Lipinski definition) is 5. The monoisotopic (exact) mass is 369 g/mol. The van der Waals surface area contributed by atoms with Crippen molar-refractivity contribution in [3.05, 3.63) is 22.7 Å². The van der Waals surface area contributed by atoms with Crippen molar-refractivity contribution in [3.63, 3.8) is 0 Å². The van der Waals surface area contributed by atoms with E-state index in [1.807, 2.05) is 0 Å². The molecule has 1 aromatic carbocycles. The zero-order valence-corrected chi connectivity index (χ0v) is 16.0. The van der Waals surface area contributed by atoms with Crippen LogP contribution in [0.5, 0.6) is 5.75 Å². The van der Waals surface area contributed by atoms with Crippen LogP contribution in [0.1, 0.15) is 30.6 Å². The van der Waals surface area contributed by atoms with Crippen LogP contribution >= 0.6 is 11.6 Å². The minimum atomic E-state index is -0.103. The van der Waals surface area contributed by atoms with E-state index in [9.17, 15) is 4.79 Å². The Morgan fingerprint density at radius 1 is 1.40 bits per heavy atom. The Hall–Kier alpha value is -1.50. The van der Waals surface area contributed by atoms with Crippen LogP contribution < -0.4 is 10.5 Å². The highest BCUT2D eigenvalue weighted by atomic mass is 35.5. The van der Waals surface area contributed by atoms with Crippen molar-refractivity contribution >= 4 is 23.2 Å². The first-order valence-corrected chi connectivity index (χ1v) is 9.14. The van der Waals surface area contributed by atoms with Crippen LogP contribution in [0.4, 0.5) is 5.69 Å². The minimum absolute atomic E-state index is 0.0785. The molecule has 0 saturated carbocycles. The molecule has 0 bridgehead atoms. The molecule has 1 aliphatic heterocycles. The van der Waals surface area contributed by atoms with E-state index in [-0.39, 0.29) is 12.0 Å². The van der Waals surface area contributed by atoms with E-state index in [4.69, 9.17) is 26.8 Å². The lowest BCUT2D eigenvalue weighted by Gasteiger charge is -2.21. The number of nitrogens with two attached hydrogens (primary N) is 1. The molecule has 6 nitrogen and oxygen atoms in total. The molecular formula is C18H28ClN3O3. The lowest BCUT2D eigenvalue weighted by atomic mass is 10.1. The maximum atomic E-state index is 12.8. The average molecular weight is 370 g/mol. The number of benzene rings is 1. The van der Waals surface area contributed by atoms with E-state index in [0.717, 1.165) is 26.1 Å². The molecule has 0 aromatic heterocycles. The summed E-state index contributed by atoms with van der Waals surface area (Å²) in [4.78, 5) is 16.9. The molecule has 2 rings (SSSR count). The van der Waals surface area contributed by atoms with E-state index in [2.05, 4.69) is 18.7 Å². The molecule has 25 heavy (non-hydrogen) atoms. The van der Waals surface area contributed by atoms with Gasteiger partial charge in [0, 0.05) is 25.7 Å². The maximum absolute atomic E-state index is 12.8. The maximum Gasteiger partial charge on any atom is 0.257 e. The van der Waals surface area contributed by atoms with Crippen LogP contribution in [0.25, 0.3) is 0 Å². The number of rotatable bonds is 8. The Bertz CT molecular complexity index is 593. The number of halogens is 1. The number of likely N-dealkylation sites (tertiary alicyclic amines) is 1. The number of carbonyl (C=O) groups is 1. The molecule has 1 unspecified atom stereocenters. The molecule has 1 aromatic rings. The van der Waals surface area contributed by atoms with Crippen molar-refractivity contribution in [1.82, 2.24) is 9.80 Å². The molecule has 140 valence electrons. The Labute approximate surface area is 154 Å². The van der Waals surface area contributed by atoms with Gasteiger partial charge in [0.1, 0.15) is 5.75 Å². The Balaban J connectivity index is 1.93. The highest BCUT2D eigenvalue weighted by Crippen LogP contribution is 2.30. The number of amides is 1. The summed E-state index contributed by atoms with van der Waals surface area (Å²) in [6.07, 6.45) is 0.921. The summed E-state index contributed by atoms with van der Waals surface area (Å²) in [6.45, 7) is 9.18. The quantitative estimate of drug-likeness (QED) is 0.713. The predicted molar refractivity (Wildman–Crippen MR) is 100 cm³/mol. The normalized spacial score (nSPS) is 17.3. The van der Waals surface area contributed by atoms with Gasteiger partial charge in [0.05, 0.1) is 36.1 Å². The third-order valence-electron chi connectivity index (χ3n) is 4.64. The van der Waals surface area contributed by atoms with Gasteiger partial charge in [-0.05, 0) is 25.6 Å². The van der Waals surface area contributed by atoms with Crippen molar-refractivity contribution in [1.29, 1.82) is 0 Å². The fraction of sp³-hybridized carbons (Fsp3) is 0.611. The molecule has 1 heterocycles. The number of ether oxygens (including phenoxy) is 2. The number of carbonyl (C=O) groups excluding carboxylic acids is 1. The molecular weight excluding hydrogens is 342 g/mol. The third-order valence-corrected chi connectivity index (χ3v) is 4.96. The van der Waals surface area contributed by atoms with Crippen molar-refractivity contribution in [2.75, 3.05) is 52.2 Å². The molecule has 1 atom stereocenters. The van der Waals surface area contributed by atoms with Gasteiger partial charge >= 0.3 is 0 Å². The van der Waals surface area contributed by atoms with Crippen molar-refractivity contribution in [2.24, 2.45) is 0 Å². The summed E-state index contributed by atoms with van der Waals surface area (Å²) in [7, 11) is 1.52. The first-order chi connectivity index (χ1) is 12.0. The Morgan fingerprint density at radius 3 is 2.76 bits per heavy atom. The summed E-state index contributed by atoms with van der Waals surface area (Å²) in [5, 5.41) is 0.357. The number of methoxy groups -OCH3 is 1. The van der Waals surface area contributed by atoms with Crippen molar-refractivity contribution in [2.45, 2.75) is 26.4 Å². The largest absolute Gasteiger partial charge is 0.496 e. The topological polar surface area (TPSA) is 68.0 Å². The first-order valence-electron chi connectivity index (χ1n) is 8.76. The summed E-state index contributed by atoms with van der Waals surface area (Å²) in [6, 6.07) is 3.16. The third kappa shape index (κ3) is 5.00. The standard InChI is InChI=1S/C18H28ClN3O3/c1-4-21(5-2)8-9-25-13-6-7-22(12-13)18(23)14-10-15(19)16(20)11-17(14)24-3/h10-11,13H,4-9,12,20H2,1-3H3. The molecule has 7 heteroatoms. The molecule has 1 fully saturated rings. The SMILES string of the molecule is CCN(CC)CCOC1CCN(C(=O)c2cc(Cl)c(N)cc2OC)C1. The first kappa shape index (κ1) is 19.8. The summed E-state index contributed by atoms with van der Waals surface area (Å²) >= 11 is 6.07. The van der Waals surface area contributed by atoms with Gasteiger partial charge in [-0.2, -0.15) is 0 Å². The van der Waals surface area contributed by atoms with E-state index in [1.165, 1.54) is 7.11 Å². The lowest BCUT2D eigenvalue weighted by molar-refractivity contribution is 0.0420. The van der Waals surface area contributed by atoms with Gasteiger partial charge in [0.25, 0.3) is 5.91 Å². The number of anilines is 1. The zero-order chi connectivity index (χ0) is 18.4. The molecule has 0 aliphatic carbocycles. The molecule has 2 N–H and O–H groups in total. The van der Waals surface area contributed by atoms with Crippen LogP contribution in [0.15, 0.2) is 12.1 Å². The molecule has 1 amide bonds. The van der Waals surface area contributed by atoms with Crippen LogP contribution in [-0.4, -0.2) is 68.3 Å². The van der Waals surface area contributed by atoms with E-state index in [1.54, 1.807) is 17.0 Å². The Morgan fingerprint density at radius 2 is 2.12 bits per heavy atom. The molecule has 1 aliphatic rings. The average Bonchev–Trinajstić information content (AvgIpc) is 3.09. The number of nitrogens with zero attached hydrogens (tertiary/aromatic N) is 2. The summed E-state index contributed by atoms with van der Waals surface area (Å²) in [5.41, 5.74) is 6.62. The molecule has 0 radical (unpaired) electrons. The van der Waals surface area contributed by atoms with Crippen LogP contribution in [0, 0.1) is 0 Å². The van der Waals surface area contributed by atoms with Gasteiger partial charge in [0.2, 0.25) is 0 Å². The fourth-order valence-electron chi connectivity index (χ4n) is 3.01. The van der Waals surface area contributed by atoms with Crippen molar-refractivity contribution < 1.29 is 14.3 Å². The van der Waals surface area contributed by atoms with Crippen LogP contribution in [-0.2, 0) is 4.74 Å².